The van der Waals surface area contributed by atoms with E-state index in [4.69, 9.17) is 14.2 Å². The van der Waals surface area contributed by atoms with Gasteiger partial charge in [-0.2, -0.15) is 4.31 Å². The van der Waals surface area contributed by atoms with E-state index < -0.39 is 40.1 Å². The fourth-order valence-corrected chi connectivity index (χ4v) is 5.94. The summed E-state index contributed by atoms with van der Waals surface area (Å²) >= 11 is 0. The molecule has 3 fully saturated rings. The average Bonchev–Trinajstić information content (AvgIpc) is 3.16. The third-order valence-electron chi connectivity index (χ3n) is 5.18. The number of nitrogens with zero attached hydrogens (tertiary/aromatic N) is 1. The zero-order valence-electron chi connectivity index (χ0n) is 15.2. The minimum atomic E-state index is -3.64. The number of carbonyl (C=O) groups excluding carboxylic acids is 1. The van der Waals surface area contributed by atoms with Crippen molar-refractivity contribution in [1.29, 1.82) is 0 Å². The van der Waals surface area contributed by atoms with Crippen LogP contribution in [0.3, 0.4) is 0 Å². The monoisotopic (exact) mass is 381 g/mol. The fraction of sp³-hybridized carbons (Fsp3) is 0.611. The molecule has 1 saturated carbocycles. The topological polar surface area (TPSA) is 81.9 Å². The number of ether oxygens (including phenoxy) is 3. The smallest absolute Gasteiger partial charge is 0.302 e. The Morgan fingerprint density at radius 3 is 2.42 bits per heavy atom. The Labute approximate surface area is 153 Å². The lowest BCUT2D eigenvalue weighted by Gasteiger charge is -2.28. The van der Waals surface area contributed by atoms with Crippen LogP contribution < -0.4 is 0 Å². The summed E-state index contributed by atoms with van der Waals surface area (Å²) in [7, 11) is -3.64. The summed E-state index contributed by atoms with van der Waals surface area (Å²) in [5, 5.41) is 0. The van der Waals surface area contributed by atoms with Crippen molar-refractivity contribution in [3.05, 3.63) is 29.8 Å². The molecule has 8 heteroatoms. The molecule has 1 aliphatic carbocycles. The van der Waals surface area contributed by atoms with Crippen molar-refractivity contribution < 1.29 is 27.4 Å². The number of fused-ring (bicyclic) bond motifs is 3. The Kier molecular flexibility index (Phi) is 3.97. The third kappa shape index (κ3) is 2.85. The molecule has 0 aromatic heterocycles. The Hall–Kier alpha value is -1.48. The molecule has 2 saturated heterocycles. The molecule has 7 nitrogen and oxygen atoms in total. The first kappa shape index (κ1) is 17.9. The second-order valence-electron chi connectivity index (χ2n) is 7.65. The molecule has 1 unspecified atom stereocenters. The lowest BCUT2D eigenvalue weighted by molar-refractivity contribution is -0.169. The van der Waals surface area contributed by atoms with Crippen molar-refractivity contribution in [2.75, 3.05) is 0 Å². The highest BCUT2D eigenvalue weighted by Gasteiger charge is 2.69. The Morgan fingerprint density at radius 1 is 1.19 bits per heavy atom. The number of esters is 1. The zero-order chi connectivity index (χ0) is 18.9. The number of sulfonamides is 1. The first-order valence-electron chi connectivity index (χ1n) is 8.73. The minimum absolute atomic E-state index is 0.246. The molecule has 2 heterocycles. The number of hydrogen-bond acceptors (Lipinski definition) is 6. The van der Waals surface area contributed by atoms with Crippen LogP contribution in [0.1, 0.15) is 32.8 Å². The Bertz CT molecular complexity index is 834. The van der Waals surface area contributed by atoms with E-state index in [2.05, 4.69) is 0 Å². The van der Waals surface area contributed by atoms with Gasteiger partial charge >= 0.3 is 5.97 Å². The van der Waals surface area contributed by atoms with Gasteiger partial charge in [0.1, 0.15) is 18.3 Å². The number of hydrogen-bond donors (Lipinski definition) is 0. The predicted octanol–water partition coefficient (Wildman–Crippen LogP) is 1.59. The lowest BCUT2D eigenvalue weighted by atomic mass is 9.92. The first-order valence-corrected chi connectivity index (χ1v) is 10.2. The van der Waals surface area contributed by atoms with Crippen molar-refractivity contribution in [3.8, 4) is 0 Å². The highest BCUT2D eigenvalue weighted by Crippen LogP contribution is 2.51. The maximum Gasteiger partial charge on any atom is 0.302 e. The van der Waals surface area contributed by atoms with Gasteiger partial charge in [0.05, 0.1) is 10.9 Å². The summed E-state index contributed by atoms with van der Waals surface area (Å²) in [5.41, 5.74) is 0.997. The van der Waals surface area contributed by atoms with Crippen molar-refractivity contribution in [2.24, 2.45) is 0 Å². The molecule has 4 rings (SSSR count). The number of benzene rings is 1. The van der Waals surface area contributed by atoms with Crippen LogP contribution in [-0.2, 0) is 29.0 Å². The van der Waals surface area contributed by atoms with Crippen LogP contribution in [0.2, 0.25) is 0 Å². The fourth-order valence-electron chi connectivity index (χ4n) is 4.12. The Balaban J connectivity index is 1.64. The van der Waals surface area contributed by atoms with E-state index in [1.165, 1.54) is 11.2 Å². The molecule has 26 heavy (non-hydrogen) atoms. The van der Waals surface area contributed by atoms with Crippen LogP contribution in [0, 0.1) is 6.92 Å². The van der Waals surface area contributed by atoms with Crippen LogP contribution in [-0.4, -0.2) is 54.9 Å². The summed E-state index contributed by atoms with van der Waals surface area (Å²) in [6.07, 6.45) is -1.02. The molecule has 2 aliphatic heterocycles. The molecular formula is C18H23NO6S. The summed E-state index contributed by atoms with van der Waals surface area (Å²) in [5.74, 6) is -1.25. The van der Waals surface area contributed by atoms with Gasteiger partial charge in [-0.25, -0.2) is 8.42 Å². The van der Waals surface area contributed by atoms with Gasteiger partial charge in [-0.15, -0.1) is 0 Å². The average molecular weight is 381 g/mol. The minimum Gasteiger partial charge on any atom is -0.460 e. The Morgan fingerprint density at radius 2 is 1.81 bits per heavy atom. The number of carbonyl (C=O) groups is 1. The second-order valence-corrected chi connectivity index (χ2v) is 9.50. The third-order valence-corrected chi connectivity index (χ3v) is 7.12. The van der Waals surface area contributed by atoms with Crippen molar-refractivity contribution >= 4 is 16.0 Å². The van der Waals surface area contributed by atoms with Gasteiger partial charge in [-0.3, -0.25) is 4.79 Å². The lowest BCUT2D eigenvalue weighted by Crippen LogP contribution is -2.46. The maximum absolute atomic E-state index is 13.1. The molecule has 1 aromatic carbocycles. The SMILES string of the molecule is CC(=O)O[C@@H]1C[C@@H]2[C@H]([C@@H]3OC(C)(C)O[C@@H]31)N2S(=O)(=O)c1ccc(C)cc1. The van der Waals surface area contributed by atoms with E-state index in [-0.39, 0.29) is 17.0 Å². The van der Waals surface area contributed by atoms with Gasteiger partial charge in [0.2, 0.25) is 10.0 Å². The van der Waals surface area contributed by atoms with Gasteiger partial charge < -0.3 is 14.2 Å². The van der Waals surface area contributed by atoms with Gasteiger partial charge in [0, 0.05) is 19.4 Å². The van der Waals surface area contributed by atoms with E-state index in [1.54, 1.807) is 38.1 Å². The molecule has 142 valence electrons. The summed E-state index contributed by atoms with van der Waals surface area (Å²) < 4.78 is 44.9. The van der Waals surface area contributed by atoms with Crippen molar-refractivity contribution in [3.63, 3.8) is 0 Å². The van der Waals surface area contributed by atoms with Gasteiger partial charge in [-0.05, 0) is 32.9 Å². The summed E-state index contributed by atoms with van der Waals surface area (Å²) in [4.78, 5) is 11.7. The molecular weight excluding hydrogens is 358 g/mol. The molecule has 3 aliphatic rings. The highest BCUT2D eigenvalue weighted by atomic mass is 32.2. The summed E-state index contributed by atoms with van der Waals surface area (Å²) in [6, 6.07) is 6.26. The molecule has 1 aromatic rings. The van der Waals surface area contributed by atoms with E-state index in [1.807, 2.05) is 6.92 Å². The highest BCUT2D eigenvalue weighted by molar-refractivity contribution is 7.89. The largest absolute Gasteiger partial charge is 0.460 e. The normalized spacial score (nSPS) is 37.5. The van der Waals surface area contributed by atoms with Crippen LogP contribution in [0.25, 0.3) is 0 Å². The van der Waals surface area contributed by atoms with Crippen LogP contribution in [0.5, 0.6) is 0 Å². The second kappa shape index (κ2) is 5.76. The number of rotatable bonds is 3. The molecule has 0 N–H and O–H groups in total. The molecule has 6 atom stereocenters. The van der Waals surface area contributed by atoms with E-state index >= 15 is 0 Å². The molecule has 0 bridgehead atoms. The number of aryl methyl sites for hydroxylation is 1. The predicted molar refractivity (Wildman–Crippen MR) is 91.8 cm³/mol. The molecule has 0 amide bonds. The van der Waals surface area contributed by atoms with Gasteiger partial charge in [0.15, 0.2) is 5.79 Å². The zero-order valence-corrected chi connectivity index (χ0v) is 16.0. The van der Waals surface area contributed by atoms with Crippen molar-refractivity contribution in [2.45, 2.75) is 75.2 Å². The standard InChI is InChI=1S/C18H23NO6S/c1-10-5-7-12(8-6-10)26(21,22)19-13-9-14(23-11(2)20)16-17(15(13)19)25-18(3,4)24-16/h5-8,13-17H,9H2,1-4H3/t13-,14-,15-,16-,17+,19?/m1/s1. The van der Waals surface area contributed by atoms with Crippen LogP contribution >= 0.6 is 0 Å². The van der Waals surface area contributed by atoms with Gasteiger partial charge in [-0.1, -0.05) is 17.7 Å². The van der Waals surface area contributed by atoms with E-state index in [9.17, 15) is 13.2 Å². The first-order chi connectivity index (χ1) is 12.1. The van der Waals surface area contributed by atoms with Crippen molar-refractivity contribution in [1.82, 2.24) is 4.31 Å². The van der Waals surface area contributed by atoms with Crippen LogP contribution in [0.15, 0.2) is 29.2 Å². The van der Waals surface area contributed by atoms with Crippen LogP contribution in [0.4, 0.5) is 0 Å². The van der Waals surface area contributed by atoms with E-state index in [0.717, 1.165) is 5.56 Å². The van der Waals surface area contributed by atoms with E-state index in [0.29, 0.717) is 6.42 Å². The quantitative estimate of drug-likeness (QED) is 0.584. The van der Waals surface area contributed by atoms with Gasteiger partial charge in [0.25, 0.3) is 0 Å². The maximum atomic E-state index is 13.1. The summed E-state index contributed by atoms with van der Waals surface area (Å²) in [6.45, 7) is 6.82. The molecule has 0 radical (unpaired) electrons. The molecule has 0 spiro atoms.